The van der Waals surface area contributed by atoms with Crippen molar-refractivity contribution in [2.75, 3.05) is 19.8 Å². The summed E-state index contributed by atoms with van der Waals surface area (Å²) in [4.78, 5) is 6.90. The number of likely N-dealkylation sites (tertiary alicyclic amines) is 1. The third-order valence-corrected chi connectivity index (χ3v) is 3.43. The van der Waals surface area contributed by atoms with Crippen molar-refractivity contribution in [3.05, 3.63) is 0 Å². The first kappa shape index (κ1) is 12.3. The fraction of sp³-hybridized carbons (Fsp3) is 0.800. The van der Waals surface area contributed by atoms with Crippen molar-refractivity contribution in [2.24, 2.45) is 4.99 Å². The van der Waals surface area contributed by atoms with E-state index in [1.165, 1.54) is 11.8 Å². The van der Waals surface area contributed by atoms with Gasteiger partial charge in [0.2, 0.25) is 0 Å². The summed E-state index contributed by atoms with van der Waals surface area (Å²) >= 11 is 1.49. The van der Waals surface area contributed by atoms with Gasteiger partial charge in [-0.1, -0.05) is 11.8 Å². The van der Waals surface area contributed by atoms with E-state index < -0.39 is 0 Å². The maximum absolute atomic E-state index is 8.53. The molecule has 84 valence electrons. The van der Waals surface area contributed by atoms with E-state index in [0.717, 1.165) is 24.6 Å². The van der Waals surface area contributed by atoms with Crippen molar-refractivity contribution in [1.29, 1.82) is 5.26 Å². The number of nitriles is 1. The molecule has 15 heavy (non-hydrogen) atoms. The van der Waals surface area contributed by atoms with Gasteiger partial charge in [-0.25, -0.2) is 0 Å². The van der Waals surface area contributed by atoms with Crippen LogP contribution in [-0.4, -0.2) is 42.0 Å². The number of thioether (sulfide) groups is 1. The van der Waals surface area contributed by atoms with Crippen LogP contribution in [0.2, 0.25) is 0 Å². The topological polar surface area (TPSA) is 51.4 Å². The summed E-state index contributed by atoms with van der Waals surface area (Å²) in [6.07, 6.45) is 6.01. The molecule has 1 heterocycles. The standard InChI is InChI=1S/C10H18N4S/c1-8-6-9(4-5-14(8)2)13-10(15-3)12-7-11/h8-9H,4-6H2,1-3H3,(H,12,13). The molecule has 1 rings (SSSR count). The predicted octanol–water partition coefficient (Wildman–Crippen LogP) is 1.26. The number of nitrogens with zero attached hydrogens (tertiary/aromatic N) is 3. The number of rotatable bonds is 1. The van der Waals surface area contributed by atoms with Crippen LogP contribution in [0.4, 0.5) is 0 Å². The van der Waals surface area contributed by atoms with Gasteiger partial charge in [0, 0.05) is 12.6 Å². The fourth-order valence-corrected chi connectivity index (χ4v) is 2.13. The molecule has 0 aliphatic carbocycles. The zero-order valence-electron chi connectivity index (χ0n) is 9.53. The molecule has 0 aromatic carbocycles. The average molecular weight is 226 g/mol. The Hall–Kier alpha value is -0.730. The zero-order valence-corrected chi connectivity index (χ0v) is 10.3. The van der Waals surface area contributed by atoms with E-state index in [0.29, 0.717) is 12.1 Å². The van der Waals surface area contributed by atoms with E-state index >= 15 is 0 Å². The van der Waals surface area contributed by atoms with E-state index in [4.69, 9.17) is 5.26 Å². The molecular formula is C10H18N4S. The number of nitrogens with one attached hydrogen (secondary N) is 1. The van der Waals surface area contributed by atoms with Crippen molar-refractivity contribution >= 4 is 16.9 Å². The molecule has 0 aromatic heterocycles. The van der Waals surface area contributed by atoms with Crippen LogP contribution in [0, 0.1) is 11.5 Å². The van der Waals surface area contributed by atoms with E-state index in [1.807, 2.05) is 12.4 Å². The second-order valence-corrected chi connectivity index (χ2v) is 4.68. The molecule has 4 nitrogen and oxygen atoms in total. The molecular weight excluding hydrogens is 208 g/mol. The summed E-state index contributed by atoms with van der Waals surface area (Å²) in [6, 6.07) is 0.942. The third-order valence-electron chi connectivity index (χ3n) is 2.84. The SMILES string of the molecule is CSC(=NC1CCN(C)C(C)C1)NC#N. The molecule has 1 aliphatic heterocycles. The summed E-state index contributed by atoms with van der Waals surface area (Å²) in [5.74, 6) is 0. The van der Waals surface area contributed by atoms with E-state index in [2.05, 4.69) is 29.2 Å². The normalized spacial score (nSPS) is 28.5. The molecule has 1 N–H and O–H groups in total. The quantitative estimate of drug-likeness (QED) is 0.316. The smallest absolute Gasteiger partial charge is 0.183 e. The molecule has 1 saturated heterocycles. The van der Waals surface area contributed by atoms with Gasteiger partial charge in [0.15, 0.2) is 11.4 Å². The van der Waals surface area contributed by atoms with Gasteiger partial charge in [-0.3, -0.25) is 10.3 Å². The highest BCUT2D eigenvalue weighted by molar-refractivity contribution is 8.13. The molecule has 2 unspecified atom stereocenters. The van der Waals surface area contributed by atoms with Gasteiger partial charge in [0.25, 0.3) is 0 Å². The van der Waals surface area contributed by atoms with Crippen molar-refractivity contribution in [1.82, 2.24) is 10.2 Å². The fourth-order valence-electron chi connectivity index (χ4n) is 1.73. The highest BCUT2D eigenvalue weighted by Crippen LogP contribution is 2.18. The molecule has 1 fully saturated rings. The second-order valence-electron chi connectivity index (χ2n) is 3.88. The highest BCUT2D eigenvalue weighted by Gasteiger charge is 2.22. The third kappa shape index (κ3) is 3.73. The monoisotopic (exact) mass is 226 g/mol. The Morgan fingerprint density at radius 1 is 1.67 bits per heavy atom. The van der Waals surface area contributed by atoms with E-state index in [-0.39, 0.29) is 0 Å². The van der Waals surface area contributed by atoms with E-state index in [1.54, 1.807) is 0 Å². The Kier molecular flexibility index (Phi) is 4.92. The van der Waals surface area contributed by atoms with Gasteiger partial charge >= 0.3 is 0 Å². The van der Waals surface area contributed by atoms with Gasteiger partial charge in [-0.05, 0) is 33.1 Å². The molecule has 0 bridgehead atoms. The molecule has 1 aliphatic rings. The molecule has 0 saturated carbocycles. The highest BCUT2D eigenvalue weighted by atomic mass is 32.2. The van der Waals surface area contributed by atoms with Crippen LogP contribution in [0.5, 0.6) is 0 Å². The number of amidine groups is 1. The number of piperidine rings is 1. The first-order valence-electron chi connectivity index (χ1n) is 5.14. The first-order chi connectivity index (χ1) is 7.17. The zero-order chi connectivity index (χ0) is 11.3. The minimum Gasteiger partial charge on any atom is -0.304 e. The minimum atomic E-state index is 0.361. The van der Waals surface area contributed by atoms with E-state index in [9.17, 15) is 0 Å². The first-order valence-corrected chi connectivity index (χ1v) is 6.37. The van der Waals surface area contributed by atoms with Crippen molar-refractivity contribution < 1.29 is 0 Å². The van der Waals surface area contributed by atoms with Crippen LogP contribution in [0.1, 0.15) is 19.8 Å². The minimum absolute atomic E-state index is 0.361. The molecule has 2 atom stereocenters. The number of hydrogen-bond donors (Lipinski definition) is 1. The summed E-state index contributed by atoms with van der Waals surface area (Å²) in [5.41, 5.74) is 0. The molecule has 0 radical (unpaired) electrons. The summed E-state index contributed by atoms with van der Waals surface area (Å²) in [5, 5.41) is 11.9. The Labute approximate surface area is 95.7 Å². The van der Waals surface area contributed by atoms with Crippen LogP contribution in [0.3, 0.4) is 0 Å². The molecule has 0 amide bonds. The van der Waals surface area contributed by atoms with Crippen molar-refractivity contribution in [3.8, 4) is 6.19 Å². The summed E-state index contributed by atoms with van der Waals surface area (Å²) < 4.78 is 0. The second kappa shape index (κ2) is 5.99. The van der Waals surface area contributed by atoms with Gasteiger partial charge in [-0.15, -0.1) is 0 Å². The van der Waals surface area contributed by atoms with Crippen LogP contribution in [0.15, 0.2) is 4.99 Å². The molecule has 5 heteroatoms. The largest absolute Gasteiger partial charge is 0.304 e. The van der Waals surface area contributed by atoms with Crippen LogP contribution in [-0.2, 0) is 0 Å². The van der Waals surface area contributed by atoms with Gasteiger partial charge < -0.3 is 4.90 Å². The van der Waals surface area contributed by atoms with Gasteiger partial charge in [-0.2, -0.15) is 5.26 Å². The summed E-state index contributed by atoms with van der Waals surface area (Å²) in [7, 11) is 2.15. The summed E-state index contributed by atoms with van der Waals surface area (Å²) in [6.45, 7) is 3.31. The number of hydrogen-bond acceptors (Lipinski definition) is 4. The Balaban J connectivity index is 2.54. The molecule has 0 spiro atoms. The Morgan fingerprint density at radius 3 is 2.93 bits per heavy atom. The van der Waals surface area contributed by atoms with Crippen LogP contribution < -0.4 is 5.32 Å². The lowest BCUT2D eigenvalue weighted by Gasteiger charge is -2.33. The van der Waals surface area contributed by atoms with Crippen LogP contribution in [0.25, 0.3) is 0 Å². The van der Waals surface area contributed by atoms with Crippen molar-refractivity contribution in [2.45, 2.75) is 31.8 Å². The lowest BCUT2D eigenvalue weighted by atomic mass is 10.00. The lowest BCUT2D eigenvalue weighted by molar-refractivity contribution is 0.185. The average Bonchev–Trinajstić information content (AvgIpc) is 2.23. The lowest BCUT2D eigenvalue weighted by Crippen LogP contribution is -2.39. The van der Waals surface area contributed by atoms with Crippen molar-refractivity contribution in [3.63, 3.8) is 0 Å². The Bertz CT molecular complexity index is 271. The van der Waals surface area contributed by atoms with Crippen LogP contribution >= 0.6 is 11.8 Å². The van der Waals surface area contributed by atoms with Gasteiger partial charge in [0.05, 0.1) is 6.04 Å². The van der Waals surface area contributed by atoms with Gasteiger partial charge in [0.1, 0.15) is 0 Å². The molecule has 0 aromatic rings. The maximum atomic E-state index is 8.53. The number of aliphatic imine (C=N–C) groups is 1. The maximum Gasteiger partial charge on any atom is 0.183 e. The predicted molar refractivity (Wildman–Crippen MR) is 64.8 cm³/mol. The Morgan fingerprint density at radius 2 is 2.40 bits per heavy atom.